The number of amides is 2. The zero-order chi connectivity index (χ0) is 21.0. The van der Waals surface area contributed by atoms with Crippen LogP contribution in [0.4, 0.5) is 4.79 Å². The fourth-order valence-electron chi connectivity index (χ4n) is 3.40. The highest BCUT2D eigenvalue weighted by molar-refractivity contribution is 7.12. The van der Waals surface area contributed by atoms with Gasteiger partial charge in [0.25, 0.3) is 0 Å². The van der Waals surface area contributed by atoms with Crippen molar-refractivity contribution >= 4 is 23.3 Å². The van der Waals surface area contributed by atoms with Crippen LogP contribution in [0.15, 0.2) is 18.0 Å². The first kappa shape index (κ1) is 21.0. The SMILES string of the molecule is C=CCc1c(C)nn(-c2nc(CC(=O)N3CCN(C(=O)OCC)CC3)cs2)c1C. The Balaban J connectivity index is 1.61. The quantitative estimate of drug-likeness (QED) is 0.675. The summed E-state index contributed by atoms with van der Waals surface area (Å²) in [5, 5.41) is 7.26. The molecule has 2 aromatic rings. The standard InChI is InChI=1S/C20H27N5O3S/c1-5-7-17-14(3)22-25(15(17)4)19-21-16(13-29-19)12-18(26)23-8-10-24(11-9-23)20(27)28-6-2/h5,13H,1,6-12H2,2-4H3. The second-order valence-electron chi connectivity index (χ2n) is 6.92. The maximum absolute atomic E-state index is 12.6. The average Bonchev–Trinajstić information content (AvgIpc) is 3.28. The van der Waals surface area contributed by atoms with Crippen LogP contribution in [0.2, 0.25) is 0 Å². The Morgan fingerprint density at radius 2 is 1.93 bits per heavy atom. The molecule has 0 unspecified atom stereocenters. The van der Waals surface area contributed by atoms with E-state index in [1.807, 2.05) is 30.0 Å². The molecule has 1 aliphatic heterocycles. The van der Waals surface area contributed by atoms with Crippen molar-refractivity contribution in [1.29, 1.82) is 0 Å². The molecular weight excluding hydrogens is 390 g/mol. The number of hydrogen-bond acceptors (Lipinski definition) is 6. The summed E-state index contributed by atoms with van der Waals surface area (Å²) in [6, 6.07) is 0. The van der Waals surface area contributed by atoms with Gasteiger partial charge in [0.2, 0.25) is 11.0 Å². The molecule has 0 atom stereocenters. The molecule has 0 bridgehead atoms. The zero-order valence-electron chi connectivity index (χ0n) is 17.2. The van der Waals surface area contributed by atoms with Crippen LogP contribution in [-0.2, 0) is 22.4 Å². The second kappa shape index (κ2) is 9.21. The summed E-state index contributed by atoms with van der Waals surface area (Å²) in [5.74, 6) is 0.0195. The lowest BCUT2D eigenvalue weighted by atomic mass is 10.1. The molecule has 0 radical (unpaired) electrons. The van der Waals surface area contributed by atoms with Gasteiger partial charge in [-0.15, -0.1) is 17.9 Å². The van der Waals surface area contributed by atoms with Gasteiger partial charge in [0, 0.05) is 42.8 Å². The van der Waals surface area contributed by atoms with E-state index in [0.717, 1.165) is 34.2 Å². The number of carbonyl (C=O) groups excluding carboxylic acids is 2. The molecule has 29 heavy (non-hydrogen) atoms. The highest BCUT2D eigenvalue weighted by atomic mass is 32.1. The van der Waals surface area contributed by atoms with E-state index in [4.69, 9.17) is 4.74 Å². The third-order valence-corrected chi connectivity index (χ3v) is 5.87. The molecule has 0 aliphatic carbocycles. The van der Waals surface area contributed by atoms with Gasteiger partial charge >= 0.3 is 6.09 Å². The normalized spacial score (nSPS) is 14.2. The largest absolute Gasteiger partial charge is 0.450 e. The minimum Gasteiger partial charge on any atom is -0.450 e. The van der Waals surface area contributed by atoms with Crippen molar-refractivity contribution < 1.29 is 14.3 Å². The minimum atomic E-state index is -0.315. The summed E-state index contributed by atoms with van der Waals surface area (Å²) in [4.78, 5) is 32.5. The summed E-state index contributed by atoms with van der Waals surface area (Å²) in [6.07, 6.45) is 2.57. The summed E-state index contributed by atoms with van der Waals surface area (Å²) in [5.41, 5.74) is 3.91. The lowest BCUT2D eigenvalue weighted by Gasteiger charge is -2.34. The van der Waals surface area contributed by atoms with Gasteiger partial charge in [0.05, 0.1) is 24.4 Å². The number of thiazole rings is 1. The lowest BCUT2D eigenvalue weighted by Crippen LogP contribution is -2.51. The predicted octanol–water partition coefficient (Wildman–Crippen LogP) is 2.52. The summed E-state index contributed by atoms with van der Waals surface area (Å²) in [7, 11) is 0. The van der Waals surface area contributed by atoms with E-state index in [9.17, 15) is 9.59 Å². The topological polar surface area (TPSA) is 80.6 Å². The van der Waals surface area contributed by atoms with E-state index in [-0.39, 0.29) is 18.4 Å². The molecule has 1 fully saturated rings. The lowest BCUT2D eigenvalue weighted by molar-refractivity contribution is -0.132. The number of carbonyl (C=O) groups is 2. The van der Waals surface area contributed by atoms with Gasteiger partial charge in [-0.05, 0) is 27.2 Å². The highest BCUT2D eigenvalue weighted by Crippen LogP contribution is 2.22. The van der Waals surface area contributed by atoms with Crippen LogP contribution in [0.5, 0.6) is 0 Å². The third kappa shape index (κ3) is 4.67. The maximum atomic E-state index is 12.6. The Kier molecular flexibility index (Phi) is 6.68. The first-order chi connectivity index (χ1) is 13.9. The summed E-state index contributed by atoms with van der Waals surface area (Å²) < 4.78 is 6.85. The third-order valence-electron chi connectivity index (χ3n) is 5.00. The predicted molar refractivity (Wildman–Crippen MR) is 111 cm³/mol. The summed E-state index contributed by atoms with van der Waals surface area (Å²) in [6.45, 7) is 12.0. The van der Waals surface area contributed by atoms with Crippen LogP contribution >= 0.6 is 11.3 Å². The fraction of sp³-hybridized carbons (Fsp3) is 0.500. The Labute approximate surface area is 174 Å². The van der Waals surface area contributed by atoms with Gasteiger partial charge in [0.15, 0.2) is 0 Å². The smallest absolute Gasteiger partial charge is 0.409 e. The zero-order valence-corrected chi connectivity index (χ0v) is 18.0. The van der Waals surface area contributed by atoms with E-state index >= 15 is 0 Å². The van der Waals surface area contributed by atoms with Gasteiger partial charge in [0.1, 0.15) is 0 Å². The number of ether oxygens (including phenoxy) is 1. The van der Waals surface area contributed by atoms with Gasteiger partial charge in [-0.3, -0.25) is 4.79 Å². The molecular formula is C20H27N5O3S. The molecule has 0 N–H and O–H groups in total. The molecule has 1 aliphatic rings. The van der Waals surface area contributed by atoms with Crippen LogP contribution in [0.1, 0.15) is 29.6 Å². The minimum absolute atomic E-state index is 0.0195. The van der Waals surface area contributed by atoms with E-state index in [1.54, 1.807) is 16.7 Å². The molecule has 3 rings (SSSR count). The van der Waals surface area contributed by atoms with Crippen LogP contribution in [0.25, 0.3) is 5.13 Å². The van der Waals surface area contributed by atoms with E-state index in [1.165, 1.54) is 11.3 Å². The first-order valence-electron chi connectivity index (χ1n) is 9.74. The van der Waals surface area contributed by atoms with Crippen LogP contribution in [-0.4, -0.2) is 69.4 Å². The molecule has 2 amide bonds. The molecule has 0 spiro atoms. The van der Waals surface area contributed by atoms with Crippen molar-refractivity contribution in [3.63, 3.8) is 0 Å². The molecule has 0 saturated carbocycles. The molecule has 2 aromatic heterocycles. The maximum Gasteiger partial charge on any atom is 0.409 e. The number of hydrogen-bond donors (Lipinski definition) is 0. The van der Waals surface area contributed by atoms with Crippen molar-refractivity contribution in [2.75, 3.05) is 32.8 Å². The fourth-order valence-corrected chi connectivity index (χ4v) is 4.22. The van der Waals surface area contributed by atoms with Gasteiger partial charge in [-0.25, -0.2) is 14.5 Å². The Morgan fingerprint density at radius 1 is 1.24 bits per heavy atom. The van der Waals surface area contributed by atoms with Crippen LogP contribution in [0.3, 0.4) is 0 Å². The number of nitrogens with zero attached hydrogens (tertiary/aromatic N) is 5. The van der Waals surface area contributed by atoms with Crippen molar-refractivity contribution in [2.24, 2.45) is 0 Å². The van der Waals surface area contributed by atoms with Gasteiger partial charge in [-0.1, -0.05) is 6.08 Å². The van der Waals surface area contributed by atoms with Crippen molar-refractivity contribution in [3.05, 3.63) is 40.7 Å². The Bertz CT molecular complexity index is 896. The number of allylic oxidation sites excluding steroid dienone is 1. The monoisotopic (exact) mass is 417 g/mol. The number of aromatic nitrogens is 3. The second-order valence-corrected chi connectivity index (χ2v) is 7.76. The van der Waals surface area contributed by atoms with E-state index in [2.05, 4.69) is 16.7 Å². The van der Waals surface area contributed by atoms with Crippen LogP contribution < -0.4 is 0 Å². The molecule has 0 aromatic carbocycles. The average molecular weight is 418 g/mol. The molecule has 9 heteroatoms. The highest BCUT2D eigenvalue weighted by Gasteiger charge is 2.25. The van der Waals surface area contributed by atoms with Gasteiger partial charge < -0.3 is 14.5 Å². The molecule has 1 saturated heterocycles. The van der Waals surface area contributed by atoms with Crippen molar-refractivity contribution in [3.8, 4) is 5.13 Å². The Hall–Kier alpha value is -2.68. The number of piperazine rings is 1. The van der Waals surface area contributed by atoms with Crippen LogP contribution in [0, 0.1) is 13.8 Å². The summed E-state index contributed by atoms with van der Waals surface area (Å²) >= 11 is 1.48. The molecule has 8 nitrogen and oxygen atoms in total. The van der Waals surface area contributed by atoms with E-state index < -0.39 is 0 Å². The van der Waals surface area contributed by atoms with E-state index in [0.29, 0.717) is 32.8 Å². The van der Waals surface area contributed by atoms with Gasteiger partial charge in [-0.2, -0.15) is 5.10 Å². The Morgan fingerprint density at radius 3 is 2.59 bits per heavy atom. The number of rotatable bonds is 6. The van der Waals surface area contributed by atoms with Crippen molar-refractivity contribution in [1.82, 2.24) is 24.6 Å². The molecule has 3 heterocycles. The number of aryl methyl sites for hydroxylation is 1. The first-order valence-corrected chi connectivity index (χ1v) is 10.6. The van der Waals surface area contributed by atoms with Crippen molar-refractivity contribution in [2.45, 2.75) is 33.6 Å². The molecule has 156 valence electrons.